The lowest BCUT2D eigenvalue weighted by Crippen LogP contribution is -2.66. The van der Waals surface area contributed by atoms with Crippen molar-refractivity contribution in [3.8, 4) is 11.4 Å². The molecule has 0 fully saturated rings. The normalized spacial score (nSPS) is 13.4. The van der Waals surface area contributed by atoms with Gasteiger partial charge in [0.05, 0.1) is 22.1 Å². The molecule has 0 amide bonds. The molecule has 0 bridgehead atoms. The van der Waals surface area contributed by atoms with Gasteiger partial charge in [0.25, 0.3) is 0 Å². The molecule has 45 heavy (non-hydrogen) atoms. The molecule has 0 radical (unpaired) electrons. The number of hydrogen-bond acceptors (Lipinski definition) is 0. The Morgan fingerprint density at radius 1 is 0.378 bits per heavy atom. The zero-order valence-electron chi connectivity index (χ0n) is 28.4. The van der Waals surface area contributed by atoms with E-state index in [1.807, 2.05) is 0 Å². The van der Waals surface area contributed by atoms with Crippen LogP contribution in [0, 0.1) is 0 Å². The molecule has 2 heterocycles. The Morgan fingerprint density at radius 2 is 0.778 bits per heavy atom. The molecule has 0 saturated carbocycles. The summed E-state index contributed by atoms with van der Waals surface area (Å²) >= 11 is 0. The number of aromatic nitrogens is 2. The van der Waals surface area contributed by atoms with Crippen molar-refractivity contribution in [3.05, 3.63) is 115 Å². The second-order valence-corrected chi connectivity index (χ2v) is 22.6. The maximum absolute atomic E-state index is 2.54. The number of rotatable bonds is 3. The Labute approximate surface area is 269 Å². The summed E-state index contributed by atoms with van der Waals surface area (Å²) in [6, 6.07) is 43.1. The van der Waals surface area contributed by atoms with Crippen molar-refractivity contribution in [2.75, 3.05) is 0 Å². The third-order valence-electron chi connectivity index (χ3n) is 10.4. The van der Waals surface area contributed by atoms with Gasteiger partial charge in [-0.15, -0.1) is 0 Å². The predicted octanol–water partition coefficient (Wildman–Crippen LogP) is 11.9. The third kappa shape index (κ3) is 4.20. The van der Waals surface area contributed by atoms with E-state index in [1.165, 1.54) is 55.0 Å². The first-order valence-electron chi connectivity index (χ1n) is 16.4. The molecule has 7 aromatic rings. The maximum Gasteiger partial charge on any atom is 0.103 e. The molecule has 7 rings (SSSR count). The van der Waals surface area contributed by atoms with Crippen molar-refractivity contribution in [1.29, 1.82) is 0 Å². The van der Waals surface area contributed by atoms with Crippen LogP contribution < -0.4 is 5.19 Å². The summed E-state index contributed by atoms with van der Waals surface area (Å²) in [6.45, 7) is 22.4. The Balaban J connectivity index is 1.50. The minimum Gasteiger partial charge on any atom is -0.309 e. The molecule has 0 N–H and O–H groups in total. The zero-order valence-corrected chi connectivity index (χ0v) is 29.4. The summed E-state index contributed by atoms with van der Waals surface area (Å²) < 4.78 is 4.92. The highest BCUT2D eigenvalue weighted by atomic mass is 28.3. The molecule has 0 saturated heterocycles. The summed E-state index contributed by atoms with van der Waals surface area (Å²) in [7, 11) is -2.17. The van der Waals surface area contributed by atoms with E-state index in [1.54, 1.807) is 5.19 Å². The Bertz CT molecular complexity index is 2130. The summed E-state index contributed by atoms with van der Waals surface area (Å²) in [4.78, 5) is 0. The molecule has 0 spiro atoms. The van der Waals surface area contributed by atoms with Gasteiger partial charge in [-0.25, -0.2) is 0 Å². The van der Waals surface area contributed by atoms with Crippen LogP contribution in [0.4, 0.5) is 0 Å². The smallest absolute Gasteiger partial charge is 0.103 e. The van der Waals surface area contributed by atoms with Crippen LogP contribution in [-0.4, -0.2) is 17.2 Å². The van der Waals surface area contributed by atoms with Gasteiger partial charge in [-0.05, 0) is 63.6 Å². The average Bonchev–Trinajstić information content (AvgIpc) is 3.48. The molecule has 2 nitrogen and oxygen atoms in total. The van der Waals surface area contributed by atoms with Gasteiger partial charge in [-0.3, -0.25) is 0 Å². The largest absolute Gasteiger partial charge is 0.309 e. The fraction of sp³-hybridized carbons (Fsp3) is 0.286. The highest BCUT2D eigenvalue weighted by Crippen LogP contribution is 2.61. The SMILES string of the molecule is CC(C)(C)[Si](c1cccc(-n2c3ccccc3c3cc(-n4c5ccccc5c5ccccc54)ccc32)c1)(C(C)(C)C)C(C)(C)C. The average molecular weight is 607 g/mol. The van der Waals surface area contributed by atoms with Crippen molar-refractivity contribution in [1.82, 2.24) is 9.13 Å². The van der Waals surface area contributed by atoms with Gasteiger partial charge < -0.3 is 9.13 Å². The molecule has 0 aliphatic heterocycles. The number of hydrogen-bond donors (Lipinski definition) is 0. The first-order valence-corrected chi connectivity index (χ1v) is 18.4. The summed E-state index contributed by atoms with van der Waals surface area (Å²) in [6.07, 6.45) is 0. The minimum atomic E-state index is -2.17. The predicted molar refractivity (Wildman–Crippen MR) is 200 cm³/mol. The van der Waals surface area contributed by atoms with E-state index in [0.29, 0.717) is 0 Å². The molecular formula is C42H46N2Si. The third-order valence-corrected chi connectivity index (χ3v) is 18.3. The van der Waals surface area contributed by atoms with Gasteiger partial charge in [0, 0.05) is 32.9 Å². The standard InChI is InChI=1S/C42H46N2Si/c1-40(2,3)45(41(4,5)6,42(7,8)9)31-18-16-17-29(27-31)43-38-24-15-12-21-34(38)35-28-30(25-26-39(35)43)44-36-22-13-10-19-32(36)33-20-11-14-23-37(33)44/h10-28H,1-9H3. The van der Waals surface area contributed by atoms with Crippen LogP contribution in [-0.2, 0) is 0 Å². The van der Waals surface area contributed by atoms with Gasteiger partial charge in [0.2, 0.25) is 0 Å². The van der Waals surface area contributed by atoms with Crippen molar-refractivity contribution < 1.29 is 0 Å². The monoisotopic (exact) mass is 606 g/mol. The van der Waals surface area contributed by atoms with E-state index in [4.69, 9.17) is 0 Å². The van der Waals surface area contributed by atoms with E-state index in [2.05, 4.69) is 187 Å². The van der Waals surface area contributed by atoms with E-state index in [-0.39, 0.29) is 15.1 Å². The number of benzene rings is 5. The lowest BCUT2D eigenvalue weighted by molar-refractivity contribution is 0.547. The molecule has 228 valence electrons. The molecule has 0 unspecified atom stereocenters. The van der Waals surface area contributed by atoms with Crippen LogP contribution in [0.1, 0.15) is 62.3 Å². The van der Waals surface area contributed by atoms with Gasteiger partial charge in [-0.1, -0.05) is 134 Å². The quantitative estimate of drug-likeness (QED) is 0.177. The second-order valence-electron chi connectivity index (χ2n) is 16.0. The zero-order chi connectivity index (χ0) is 31.9. The number of fused-ring (bicyclic) bond motifs is 6. The molecular weight excluding hydrogens is 561 g/mol. The molecule has 3 heteroatoms. The molecule has 0 atom stereocenters. The van der Waals surface area contributed by atoms with E-state index in [9.17, 15) is 0 Å². The fourth-order valence-corrected chi connectivity index (χ4v) is 20.2. The maximum atomic E-state index is 2.54. The highest BCUT2D eigenvalue weighted by molar-refractivity contribution is 6.98. The fourth-order valence-electron chi connectivity index (χ4n) is 10.1. The van der Waals surface area contributed by atoms with Gasteiger partial charge >= 0.3 is 0 Å². The molecule has 0 aliphatic rings. The lowest BCUT2D eigenvalue weighted by atomic mass is 10.1. The Hall–Kier alpha value is -4.08. The number of nitrogens with zero attached hydrogens (tertiary/aromatic N) is 2. The number of para-hydroxylation sites is 3. The van der Waals surface area contributed by atoms with Gasteiger partial charge in [0.15, 0.2) is 0 Å². The second kappa shape index (κ2) is 9.96. The Kier molecular flexibility index (Phi) is 6.55. The van der Waals surface area contributed by atoms with Crippen LogP contribution in [0.15, 0.2) is 115 Å². The van der Waals surface area contributed by atoms with Crippen molar-refractivity contribution >= 4 is 56.9 Å². The van der Waals surface area contributed by atoms with E-state index < -0.39 is 8.07 Å². The van der Waals surface area contributed by atoms with E-state index >= 15 is 0 Å². The Morgan fingerprint density at radius 3 is 1.24 bits per heavy atom. The van der Waals surface area contributed by atoms with Crippen molar-refractivity contribution in [2.45, 2.75) is 77.4 Å². The summed E-state index contributed by atoms with van der Waals surface area (Å²) in [5.41, 5.74) is 7.41. The minimum absolute atomic E-state index is 0.167. The van der Waals surface area contributed by atoms with Gasteiger partial charge in [0.1, 0.15) is 8.07 Å². The van der Waals surface area contributed by atoms with Crippen LogP contribution in [0.5, 0.6) is 0 Å². The van der Waals surface area contributed by atoms with Crippen molar-refractivity contribution in [2.24, 2.45) is 0 Å². The first-order chi connectivity index (χ1) is 21.3. The van der Waals surface area contributed by atoms with Crippen LogP contribution in [0.2, 0.25) is 15.1 Å². The summed E-state index contributed by atoms with van der Waals surface area (Å²) in [5.74, 6) is 0. The lowest BCUT2D eigenvalue weighted by Gasteiger charge is -2.59. The van der Waals surface area contributed by atoms with E-state index in [0.717, 1.165) is 0 Å². The molecule has 5 aromatic carbocycles. The van der Waals surface area contributed by atoms with Gasteiger partial charge in [-0.2, -0.15) is 0 Å². The first kappa shape index (κ1) is 29.6. The summed E-state index contributed by atoms with van der Waals surface area (Å²) in [5, 5.41) is 7.18. The van der Waals surface area contributed by atoms with Crippen molar-refractivity contribution in [3.63, 3.8) is 0 Å². The van der Waals surface area contributed by atoms with Crippen LogP contribution >= 0.6 is 0 Å². The van der Waals surface area contributed by atoms with Crippen LogP contribution in [0.3, 0.4) is 0 Å². The highest BCUT2D eigenvalue weighted by Gasteiger charge is 2.60. The topological polar surface area (TPSA) is 9.86 Å². The molecule has 0 aliphatic carbocycles. The van der Waals surface area contributed by atoms with Crippen LogP contribution in [0.25, 0.3) is 55.0 Å². The molecule has 2 aromatic heterocycles.